The number of aromatic nitrogens is 3. The molecule has 0 saturated carbocycles. The average Bonchev–Trinajstić information content (AvgIpc) is 2.90. The van der Waals surface area contributed by atoms with E-state index in [2.05, 4.69) is 10.1 Å². The molecule has 0 atom stereocenters. The van der Waals surface area contributed by atoms with E-state index in [0.29, 0.717) is 17.2 Å². The van der Waals surface area contributed by atoms with Gasteiger partial charge in [0.15, 0.2) is 17.2 Å². The zero-order valence-corrected chi connectivity index (χ0v) is 11.2. The quantitative estimate of drug-likeness (QED) is 0.669. The first-order valence-corrected chi connectivity index (χ1v) is 6.21. The largest absolute Gasteiger partial charge is 0.464 e. The lowest BCUT2D eigenvalue weighted by molar-refractivity contribution is 0.0591. The average molecular weight is 267 g/mol. The van der Waals surface area contributed by atoms with Crippen molar-refractivity contribution in [2.24, 2.45) is 0 Å². The zero-order valence-electron chi connectivity index (χ0n) is 11.2. The highest BCUT2D eigenvalue weighted by Crippen LogP contribution is 2.20. The van der Waals surface area contributed by atoms with Gasteiger partial charge in [-0.3, -0.25) is 0 Å². The number of nitrogens with zero attached hydrogens (tertiary/aromatic N) is 3. The van der Waals surface area contributed by atoms with Crippen molar-refractivity contribution in [1.82, 2.24) is 14.6 Å². The Bertz CT molecular complexity index is 793. The topological polar surface area (TPSA) is 56.5 Å². The number of benzene rings is 1. The normalized spacial score (nSPS) is 10.7. The van der Waals surface area contributed by atoms with Crippen molar-refractivity contribution >= 4 is 11.6 Å². The molecular formula is C15H13N3O2. The Morgan fingerprint density at radius 3 is 2.70 bits per heavy atom. The summed E-state index contributed by atoms with van der Waals surface area (Å²) >= 11 is 0. The first-order valence-electron chi connectivity index (χ1n) is 6.21. The van der Waals surface area contributed by atoms with Crippen molar-refractivity contribution in [3.05, 3.63) is 53.7 Å². The van der Waals surface area contributed by atoms with Crippen molar-refractivity contribution in [3.8, 4) is 11.4 Å². The van der Waals surface area contributed by atoms with E-state index >= 15 is 0 Å². The minimum Gasteiger partial charge on any atom is -0.464 e. The Labute approximate surface area is 115 Å². The van der Waals surface area contributed by atoms with Gasteiger partial charge in [0, 0.05) is 5.56 Å². The second-order valence-electron chi connectivity index (χ2n) is 4.42. The summed E-state index contributed by atoms with van der Waals surface area (Å²) in [6.45, 7) is 2.00. The van der Waals surface area contributed by atoms with E-state index in [9.17, 15) is 4.79 Å². The maximum absolute atomic E-state index is 11.7. The van der Waals surface area contributed by atoms with E-state index in [1.807, 2.05) is 31.2 Å². The second kappa shape index (κ2) is 4.77. The first-order chi connectivity index (χ1) is 9.70. The van der Waals surface area contributed by atoms with E-state index in [4.69, 9.17) is 4.74 Å². The van der Waals surface area contributed by atoms with Gasteiger partial charge in [-0.25, -0.2) is 14.3 Å². The Hall–Kier alpha value is -2.69. The molecule has 0 radical (unpaired) electrons. The van der Waals surface area contributed by atoms with Gasteiger partial charge in [0.1, 0.15) is 0 Å². The Morgan fingerprint density at radius 2 is 1.95 bits per heavy atom. The third kappa shape index (κ3) is 1.93. The Kier molecular flexibility index (Phi) is 2.95. The summed E-state index contributed by atoms with van der Waals surface area (Å²) in [6.07, 6.45) is 0. The summed E-state index contributed by atoms with van der Waals surface area (Å²) in [4.78, 5) is 16.2. The van der Waals surface area contributed by atoms with Gasteiger partial charge in [-0.1, -0.05) is 30.3 Å². The van der Waals surface area contributed by atoms with Gasteiger partial charge in [0.25, 0.3) is 0 Å². The van der Waals surface area contributed by atoms with E-state index in [-0.39, 0.29) is 0 Å². The minimum atomic E-state index is -0.433. The number of methoxy groups -OCH3 is 1. The number of rotatable bonds is 2. The molecule has 20 heavy (non-hydrogen) atoms. The maximum atomic E-state index is 11.7. The first kappa shape index (κ1) is 12.3. The molecule has 0 aliphatic heterocycles. The number of esters is 1. The van der Waals surface area contributed by atoms with Gasteiger partial charge in [0.2, 0.25) is 0 Å². The van der Waals surface area contributed by atoms with Crippen molar-refractivity contribution < 1.29 is 9.53 Å². The third-order valence-electron chi connectivity index (χ3n) is 3.14. The van der Waals surface area contributed by atoms with Gasteiger partial charge >= 0.3 is 5.97 Å². The summed E-state index contributed by atoms with van der Waals surface area (Å²) in [5, 5.41) is 4.42. The molecule has 0 aliphatic rings. The van der Waals surface area contributed by atoms with Gasteiger partial charge in [0.05, 0.1) is 7.11 Å². The lowest BCUT2D eigenvalue weighted by Crippen LogP contribution is -2.08. The summed E-state index contributed by atoms with van der Waals surface area (Å²) in [5.41, 5.74) is 3.01. The van der Waals surface area contributed by atoms with Crippen LogP contribution in [0.15, 0.2) is 42.5 Å². The molecule has 0 unspecified atom stereocenters. The van der Waals surface area contributed by atoms with Crippen LogP contribution in [0.25, 0.3) is 17.0 Å². The van der Waals surface area contributed by atoms with Crippen LogP contribution in [0.1, 0.15) is 16.1 Å². The lowest BCUT2D eigenvalue weighted by Gasteiger charge is -2.01. The van der Waals surface area contributed by atoms with E-state index in [1.165, 1.54) is 11.6 Å². The number of pyridine rings is 1. The van der Waals surface area contributed by atoms with E-state index in [1.54, 1.807) is 18.2 Å². The SMILES string of the molecule is COC(=O)c1cccc2nc(-c3ccccc3C)nn12. The zero-order chi connectivity index (χ0) is 14.1. The van der Waals surface area contributed by atoms with Crippen LogP contribution >= 0.6 is 0 Å². The fourth-order valence-corrected chi connectivity index (χ4v) is 2.10. The maximum Gasteiger partial charge on any atom is 0.356 e. The molecule has 3 aromatic rings. The minimum absolute atomic E-state index is 0.359. The fourth-order valence-electron chi connectivity index (χ4n) is 2.10. The molecule has 0 N–H and O–H groups in total. The number of ether oxygens (including phenoxy) is 1. The second-order valence-corrected chi connectivity index (χ2v) is 4.42. The summed E-state index contributed by atoms with van der Waals surface area (Å²) in [5.74, 6) is 0.163. The summed E-state index contributed by atoms with van der Waals surface area (Å²) in [7, 11) is 1.35. The van der Waals surface area contributed by atoms with Crippen molar-refractivity contribution in [2.75, 3.05) is 7.11 Å². The molecule has 0 spiro atoms. The standard InChI is InChI=1S/C15H13N3O2/c1-10-6-3-4-7-11(10)14-16-13-9-5-8-12(15(19)20-2)18(13)17-14/h3-9H,1-2H3. The molecule has 1 aromatic carbocycles. The monoisotopic (exact) mass is 267 g/mol. The molecule has 5 heteroatoms. The third-order valence-corrected chi connectivity index (χ3v) is 3.14. The van der Waals surface area contributed by atoms with Crippen LogP contribution in [0.3, 0.4) is 0 Å². The molecule has 3 rings (SSSR count). The highest BCUT2D eigenvalue weighted by Gasteiger charge is 2.14. The van der Waals surface area contributed by atoms with Crippen molar-refractivity contribution in [1.29, 1.82) is 0 Å². The molecule has 0 aliphatic carbocycles. The van der Waals surface area contributed by atoms with Crippen LogP contribution in [-0.4, -0.2) is 27.7 Å². The highest BCUT2D eigenvalue weighted by atomic mass is 16.5. The van der Waals surface area contributed by atoms with Crippen LogP contribution in [0.5, 0.6) is 0 Å². The van der Waals surface area contributed by atoms with Crippen LogP contribution in [-0.2, 0) is 4.74 Å². The number of fused-ring (bicyclic) bond motifs is 1. The van der Waals surface area contributed by atoms with Gasteiger partial charge in [-0.05, 0) is 24.6 Å². The summed E-state index contributed by atoms with van der Waals surface area (Å²) in [6, 6.07) is 13.1. The van der Waals surface area contributed by atoms with Crippen LogP contribution in [0.4, 0.5) is 0 Å². The van der Waals surface area contributed by atoms with E-state index < -0.39 is 5.97 Å². The Balaban J connectivity index is 2.21. The van der Waals surface area contributed by atoms with Crippen LogP contribution < -0.4 is 0 Å². The molecule has 5 nitrogen and oxygen atoms in total. The van der Waals surface area contributed by atoms with Crippen LogP contribution in [0.2, 0.25) is 0 Å². The molecule has 2 aromatic heterocycles. The van der Waals surface area contributed by atoms with Gasteiger partial charge in [-0.15, -0.1) is 5.10 Å². The number of carbonyl (C=O) groups excluding carboxylic acids is 1. The van der Waals surface area contributed by atoms with Crippen molar-refractivity contribution in [2.45, 2.75) is 6.92 Å². The molecule has 0 fully saturated rings. The van der Waals surface area contributed by atoms with E-state index in [0.717, 1.165) is 11.1 Å². The molecule has 0 bridgehead atoms. The Morgan fingerprint density at radius 1 is 1.15 bits per heavy atom. The van der Waals surface area contributed by atoms with Gasteiger partial charge in [-0.2, -0.15) is 0 Å². The molecule has 2 heterocycles. The summed E-state index contributed by atoms with van der Waals surface area (Å²) < 4.78 is 6.26. The molecule has 0 saturated heterocycles. The number of hydrogen-bond acceptors (Lipinski definition) is 4. The lowest BCUT2D eigenvalue weighted by atomic mass is 10.1. The highest BCUT2D eigenvalue weighted by molar-refractivity contribution is 5.88. The molecule has 100 valence electrons. The van der Waals surface area contributed by atoms with Crippen LogP contribution in [0, 0.1) is 6.92 Å². The number of carbonyl (C=O) groups is 1. The number of aryl methyl sites for hydroxylation is 1. The predicted molar refractivity (Wildman–Crippen MR) is 74.5 cm³/mol. The van der Waals surface area contributed by atoms with Crippen molar-refractivity contribution in [3.63, 3.8) is 0 Å². The predicted octanol–water partition coefficient (Wildman–Crippen LogP) is 2.49. The fraction of sp³-hybridized carbons (Fsp3) is 0.133. The molecule has 0 amide bonds. The number of hydrogen-bond donors (Lipinski definition) is 0. The molecular weight excluding hydrogens is 254 g/mol. The van der Waals surface area contributed by atoms with Gasteiger partial charge < -0.3 is 4.74 Å². The smallest absolute Gasteiger partial charge is 0.356 e.